The molecule has 0 atom stereocenters. The fourth-order valence-electron chi connectivity index (χ4n) is 1.72. The van der Waals surface area contributed by atoms with Crippen molar-refractivity contribution < 1.29 is 19.4 Å². The van der Waals surface area contributed by atoms with Gasteiger partial charge in [-0.25, -0.2) is 5.43 Å². The number of phenolic OH excluding ortho intramolecular Hbond substituents is 1. The number of nitrogens with one attached hydrogen (secondary N) is 1. The number of halogens is 1. The van der Waals surface area contributed by atoms with Crippen LogP contribution in [0.25, 0.3) is 0 Å². The smallest absolute Gasteiger partial charge is 0.277 e. The number of para-hydroxylation sites is 2. The van der Waals surface area contributed by atoms with Gasteiger partial charge in [0.1, 0.15) is 5.75 Å². The van der Waals surface area contributed by atoms with Crippen LogP contribution in [0, 0.1) is 0 Å². The topological polar surface area (TPSA) is 80.2 Å². The van der Waals surface area contributed by atoms with Gasteiger partial charge < -0.3 is 14.6 Å². The van der Waals surface area contributed by atoms with E-state index < -0.39 is 5.91 Å². The molecule has 0 aliphatic rings. The molecule has 2 aromatic rings. The van der Waals surface area contributed by atoms with E-state index in [1.165, 1.54) is 19.4 Å². The molecule has 2 rings (SSSR count). The lowest BCUT2D eigenvalue weighted by atomic mass is 10.2. The number of hydrogen-bond donors (Lipinski definition) is 2. The molecule has 0 heterocycles. The summed E-state index contributed by atoms with van der Waals surface area (Å²) < 4.78 is 11.3. The maximum Gasteiger partial charge on any atom is 0.277 e. The number of benzene rings is 2. The standard InChI is InChI=1S/C16H15BrN2O4/c1-22-14-4-2-3-5-15(14)23-10-16(21)19-18-9-11-8-12(17)6-7-13(11)20/h2-9,20H,10H2,1H3,(H,19,21)/b18-9+. The summed E-state index contributed by atoms with van der Waals surface area (Å²) in [5.41, 5.74) is 2.80. The van der Waals surface area contributed by atoms with Gasteiger partial charge in [0, 0.05) is 10.0 Å². The highest BCUT2D eigenvalue weighted by Gasteiger charge is 2.06. The van der Waals surface area contributed by atoms with E-state index in [4.69, 9.17) is 9.47 Å². The summed E-state index contributed by atoms with van der Waals surface area (Å²) in [5, 5.41) is 13.4. The molecule has 1 amide bonds. The van der Waals surface area contributed by atoms with Crippen LogP contribution in [0.15, 0.2) is 52.0 Å². The number of hydrazone groups is 1. The first-order chi connectivity index (χ1) is 11.1. The number of carbonyl (C=O) groups is 1. The van der Waals surface area contributed by atoms with Gasteiger partial charge >= 0.3 is 0 Å². The van der Waals surface area contributed by atoms with Crippen molar-refractivity contribution in [2.24, 2.45) is 5.10 Å². The maximum atomic E-state index is 11.7. The van der Waals surface area contributed by atoms with Gasteiger partial charge in [-0.05, 0) is 30.3 Å². The molecule has 0 aliphatic carbocycles. The van der Waals surface area contributed by atoms with Gasteiger partial charge in [0.25, 0.3) is 5.91 Å². The van der Waals surface area contributed by atoms with Gasteiger partial charge in [-0.2, -0.15) is 5.10 Å². The second-order valence-corrected chi connectivity index (χ2v) is 5.35. The van der Waals surface area contributed by atoms with E-state index in [0.29, 0.717) is 17.1 Å². The second-order valence-electron chi connectivity index (χ2n) is 4.44. The van der Waals surface area contributed by atoms with Crippen LogP contribution in [0.2, 0.25) is 0 Å². The van der Waals surface area contributed by atoms with Crippen LogP contribution in [-0.2, 0) is 4.79 Å². The molecule has 0 saturated carbocycles. The number of phenols is 1. The number of amides is 1. The molecular weight excluding hydrogens is 364 g/mol. The molecule has 0 radical (unpaired) electrons. The van der Waals surface area contributed by atoms with Crippen molar-refractivity contribution in [3.63, 3.8) is 0 Å². The number of aromatic hydroxyl groups is 1. The number of methoxy groups -OCH3 is 1. The van der Waals surface area contributed by atoms with Crippen LogP contribution in [0.5, 0.6) is 17.2 Å². The normalized spacial score (nSPS) is 10.5. The van der Waals surface area contributed by atoms with E-state index in [1.807, 2.05) is 0 Å². The molecule has 120 valence electrons. The Hall–Kier alpha value is -2.54. The third-order valence-corrected chi connectivity index (χ3v) is 3.30. The minimum absolute atomic E-state index is 0.0662. The number of hydrogen-bond acceptors (Lipinski definition) is 5. The summed E-state index contributed by atoms with van der Waals surface area (Å²) >= 11 is 3.29. The SMILES string of the molecule is COc1ccccc1OCC(=O)N/N=C/c1cc(Br)ccc1O. The third kappa shape index (κ3) is 5.00. The highest BCUT2D eigenvalue weighted by molar-refractivity contribution is 9.10. The Balaban J connectivity index is 1.88. The number of carbonyl (C=O) groups excluding carboxylic acids is 1. The maximum absolute atomic E-state index is 11.7. The zero-order chi connectivity index (χ0) is 16.7. The predicted molar refractivity (Wildman–Crippen MR) is 90.0 cm³/mol. The van der Waals surface area contributed by atoms with E-state index in [9.17, 15) is 9.90 Å². The van der Waals surface area contributed by atoms with Crippen LogP contribution in [-0.4, -0.2) is 30.9 Å². The van der Waals surface area contributed by atoms with Gasteiger partial charge in [-0.1, -0.05) is 28.1 Å². The molecule has 0 bridgehead atoms. The third-order valence-electron chi connectivity index (χ3n) is 2.81. The van der Waals surface area contributed by atoms with Crippen molar-refractivity contribution in [3.8, 4) is 17.2 Å². The van der Waals surface area contributed by atoms with Gasteiger partial charge in [0.2, 0.25) is 0 Å². The van der Waals surface area contributed by atoms with E-state index >= 15 is 0 Å². The molecule has 2 N–H and O–H groups in total. The van der Waals surface area contributed by atoms with E-state index in [-0.39, 0.29) is 12.4 Å². The minimum atomic E-state index is -0.429. The van der Waals surface area contributed by atoms with Crippen LogP contribution in [0.4, 0.5) is 0 Å². The number of nitrogens with zero attached hydrogens (tertiary/aromatic N) is 1. The van der Waals surface area contributed by atoms with E-state index in [0.717, 1.165) is 4.47 Å². The Morgan fingerprint density at radius 3 is 2.78 bits per heavy atom. The molecule has 0 unspecified atom stereocenters. The van der Waals surface area contributed by atoms with Crippen molar-refractivity contribution in [2.45, 2.75) is 0 Å². The Morgan fingerprint density at radius 2 is 2.04 bits per heavy atom. The van der Waals surface area contributed by atoms with Crippen molar-refractivity contribution in [2.75, 3.05) is 13.7 Å². The number of ether oxygens (including phenoxy) is 2. The van der Waals surface area contributed by atoms with Crippen molar-refractivity contribution >= 4 is 28.1 Å². The molecule has 2 aromatic carbocycles. The summed E-state index contributed by atoms with van der Waals surface area (Å²) in [6.45, 7) is -0.206. The summed E-state index contributed by atoms with van der Waals surface area (Å²) in [6.07, 6.45) is 1.35. The van der Waals surface area contributed by atoms with Crippen LogP contribution in [0.3, 0.4) is 0 Å². The highest BCUT2D eigenvalue weighted by atomic mass is 79.9. The fourth-order valence-corrected chi connectivity index (χ4v) is 2.10. The molecule has 0 aromatic heterocycles. The lowest BCUT2D eigenvalue weighted by Gasteiger charge is -2.09. The molecule has 6 nitrogen and oxygen atoms in total. The average molecular weight is 379 g/mol. The number of rotatable bonds is 6. The first-order valence-electron chi connectivity index (χ1n) is 6.66. The minimum Gasteiger partial charge on any atom is -0.507 e. The van der Waals surface area contributed by atoms with Gasteiger partial charge in [-0.15, -0.1) is 0 Å². The zero-order valence-electron chi connectivity index (χ0n) is 12.3. The molecule has 0 saturated heterocycles. The molecule has 0 fully saturated rings. The first-order valence-corrected chi connectivity index (χ1v) is 7.45. The van der Waals surface area contributed by atoms with Gasteiger partial charge in [0.05, 0.1) is 13.3 Å². The van der Waals surface area contributed by atoms with Crippen LogP contribution < -0.4 is 14.9 Å². The molecule has 0 spiro atoms. The molecule has 7 heteroatoms. The Bertz CT molecular complexity index is 719. The fraction of sp³-hybridized carbons (Fsp3) is 0.125. The largest absolute Gasteiger partial charge is 0.507 e. The Labute approximate surface area is 141 Å². The first kappa shape index (κ1) is 16.8. The molecule has 23 heavy (non-hydrogen) atoms. The lowest BCUT2D eigenvalue weighted by molar-refractivity contribution is -0.123. The van der Waals surface area contributed by atoms with Gasteiger partial charge in [0.15, 0.2) is 18.1 Å². The van der Waals surface area contributed by atoms with Crippen molar-refractivity contribution in [1.82, 2.24) is 5.43 Å². The summed E-state index contributed by atoms with van der Waals surface area (Å²) in [5.74, 6) is 0.653. The molecular formula is C16H15BrN2O4. The monoisotopic (exact) mass is 378 g/mol. The summed E-state index contributed by atoms with van der Waals surface area (Å²) in [6, 6.07) is 11.9. The summed E-state index contributed by atoms with van der Waals surface area (Å²) in [7, 11) is 1.52. The quantitative estimate of drug-likeness (QED) is 0.598. The molecule has 0 aliphatic heterocycles. The lowest BCUT2D eigenvalue weighted by Crippen LogP contribution is -2.24. The van der Waals surface area contributed by atoms with Gasteiger partial charge in [-0.3, -0.25) is 4.79 Å². The van der Waals surface area contributed by atoms with Crippen molar-refractivity contribution in [3.05, 3.63) is 52.5 Å². The van der Waals surface area contributed by atoms with Crippen molar-refractivity contribution in [1.29, 1.82) is 0 Å². The highest BCUT2D eigenvalue weighted by Crippen LogP contribution is 2.25. The Morgan fingerprint density at radius 1 is 1.30 bits per heavy atom. The predicted octanol–water partition coefficient (Wildman–Crippen LogP) is 2.69. The summed E-state index contributed by atoms with van der Waals surface area (Å²) in [4.78, 5) is 11.7. The van der Waals surface area contributed by atoms with E-state index in [2.05, 4.69) is 26.5 Å². The van der Waals surface area contributed by atoms with Crippen LogP contribution >= 0.6 is 15.9 Å². The second kappa shape index (κ2) is 8.19. The Kier molecular flexibility index (Phi) is 5.99. The zero-order valence-corrected chi connectivity index (χ0v) is 13.9. The van der Waals surface area contributed by atoms with E-state index in [1.54, 1.807) is 36.4 Å². The average Bonchev–Trinajstić information content (AvgIpc) is 2.56. The van der Waals surface area contributed by atoms with Crippen LogP contribution in [0.1, 0.15) is 5.56 Å².